The van der Waals surface area contributed by atoms with Crippen molar-refractivity contribution in [3.63, 3.8) is 0 Å². The van der Waals surface area contributed by atoms with Gasteiger partial charge in [0.1, 0.15) is 5.03 Å². The zero-order valence-corrected chi connectivity index (χ0v) is 11.5. The van der Waals surface area contributed by atoms with Gasteiger partial charge in [-0.2, -0.15) is 0 Å². The van der Waals surface area contributed by atoms with Gasteiger partial charge in [-0.15, -0.1) is 11.8 Å². The van der Waals surface area contributed by atoms with Gasteiger partial charge in [0.2, 0.25) is 0 Å². The lowest BCUT2D eigenvalue weighted by atomic mass is 9.98. The van der Waals surface area contributed by atoms with E-state index < -0.39 is 11.9 Å². The number of carbonyl (C=O) groups is 2. The van der Waals surface area contributed by atoms with Gasteiger partial charge in [-0.1, -0.05) is 0 Å². The number of nitrogens with zero attached hydrogens (tertiary/aromatic N) is 2. The first kappa shape index (κ1) is 13.9. The Morgan fingerprint density at radius 1 is 1.53 bits per heavy atom. The fourth-order valence-electron chi connectivity index (χ4n) is 2.25. The predicted molar refractivity (Wildman–Crippen MR) is 72.3 cm³/mol. The average Bonchev–Trinajstić information content (AvgIpc) is 2.46. The molecule has 6 heteroatoms. The summed E-state index contributed by atoms with van der Waals surface area (Å²) in [5, 5.41) is 9.74. The maximum atomic E-state index is 12.4. The number of rotatable bonds is 3. The summed E-state index contributed by atoms with van der Waals surface area (Å²) in [5.74, 6) is -1.40. The van der Waals surface area contributed by atoms with Crippen LogP contribution in [0.3, 0.4) is 0 Å². The van der Waals surface area contributed by atoms with Gasteiger partial charge in [-0.05, 0) is 31.2 Å². The monoisotopic (exact) mass is 280 g/mol. The maximum absolute atomic E-state index is 12.4. The molecule has 19 heavy (non-hydrogen) atoms. The number of aromatic nitrogens is 1. The molecule has 0 aromatic carbocycles. The third-order valence-electron chi connectivity index (χ3n) is 3.25. The molecule has 0 radical (unpaired) electrons. The number of likely N-dealkylation sites (tertiary alicyclic amines) is 1. The first-order valence-electron chi connectivity index (χ1n) is 6.14. The minimum atomic E-state index is -0.825. The van der Waals surface area contributed by atoms with E-state index in [0.717, 1.165) is 6.42 Å². The number of hydrogen-bond donors (Lipinski definition) is 1. The van der Waals surface area contributed by atoms with E-state index in [1.54, 1.807) is 23.2 Å². The first-order chi connectivity index (χ1) is 9.13. The summed E-state index contributed by atoms with van der Waals surface area (Å²) in [7, 11) is 0. The highest BCUT2D eigenvalue weighted by Gasteiger charge is 2.29. The highest BCUT2D eigenvalue weighted by atomic mass is 32.2. The SMILES string of the molecule is CSc1ncccc1C(=O)N1CCC[C@@H](C(=O)O)C1. The molecule has 102 valence electrons. The molecule has 0 saturated carbocycles. The summed E-state index contributed by atoms with van der Waals surface area (Å²) >= 11 is 1.42. The Hall–Kier alpha value is -1.56. The lowest BCUT2D eigenvalue weighted by molar-refractivity contribution is -0.143. The second kappa shape index (κ2) is 6.06. The molecule has 1 N–H and O–H groups in total. The molecule has 2 rings (SSSR count). The topological polar surface area (TPSA) is 70.5 Å². The second-order valence-corrected chi connectivity index (χ2v) is 5.28. The van der Waals surface area contributed by atoms with Gasteiger partial charge in [-0.25, -0.2) is 4.98 Å². The van der Waals surface area contributed by atoms with Crippen LogP contribution in [0.1, 0.15) is 23.2 Å². The number of pyridine rings is 1. The normalized spacial score (nSPS) is 19.2. The number of piperidine rings is 1. The number of thioether (sulfide) groups is 1. The fourth-order valence-corrected chi connectivity index (χ4v) is 2.79. The first-order valence-corrected chi connectivity index (χ1v) is 7.37. The third-order valence-corrected chi connectivity index (χ3v) is 3.96. The Morgan fingerprint density at radius 2 is 2.32 bits per heavy atom. The van der Waals surface area contributed by atoms with E-state index in [1.165, 1.54) is 11.8 Å². The molecular weight excluding hydrogens is 264 g/mol. The zero-order chi connectivity index (χ0) is 13.8. The highest BCUT2D eigenvalue weighted by Crippen LogP contribution is 2.22. The van der Waals surface area contributed by atoms with Crippen LogP contribution in [0.15, 0.2) is 23.4 Å². The summed E-state index contributed by atoms with van der Waals surface area (Å²) in [6.45, 7) is 0.905. The molecular formula is C13H16N2O3S. The van der Waals surface area contributed by atoms with Crippen molar-refractivity contribution < 1.29 is 14.7 Å². The number of carboxylic acids is 1. The van der Waals surface area contributed by atoms with Crippen molar-refractivity contribution in [3.8, 4) is 0 Å². The lowest BCUT2D eigenvalue weighted by Crippen LogP contribution is -2.42. The minimum absolute atomic E-state index is 0.122. The van der Waals surface area contributed by atoms with Crippen LogP contribution in [-0.4, -0.2) is 46.2 Å². The Bertz CT molecular complexity index is 493. The molecule has 1 fully saturated rings. The van der Waals surface area contributed by atoms with Gasteiger partial charge in [0.05, 0.1) is 11.5 Å². The van der Waals surface area contributed by atoms with Crippen molar-refractivity contribution in [2.45, 2.75) is 17.9 Å². The summed E-state index contributed by atoms with van der Waals surface area (Å²) in [4.78, 5) is 29.2. The van der Waals surface area contributed by atoms with E-state index in [1.807, 2.05) is 6.26 Å². The smallest absolute Gasteiger partial charge is 0.308 e. The largest absolute Gasteiger partial charge is 0.481 e. The molecule has 0 unspecified atom stereocenters. The van der Waals surface area contributed by atoms with Crippen molar-refractivity contribution in [1.82, 2.24) is 9.88 Å². The minimum Gasteiger partial charge on any atom is -0.481 e. The molecule has 1 aliphatic heterocycles. The molecule has 0 spiro atoms. The van der Waals surface area contributed by atoms with Crippen molar-refractivity contribution in [1.29, 1.82) is 0 Å². The molecule has 0 bridgehead atoms. The molecule has 1 saturated heterocycles. The summed E-state index contributed by atoms with van der Waals surface area (Å²) < 4.78 is 0. The summed E-state index contributed by atoms with van der Waals surface area (Å²) in [6.07, 6.45) is 4.90. The van der Waals surface area contributed by atoms with Crippen molar-refractivity contribution in [2.24, 2.45) is 5.92 Å². The maximum Gasteiger partial charge on any atom is 0.308 e. The molecule has 0 aliphatic carbocycles. The van der Waals surface area contributed by atoms with E-state index in [4.69, 9.17) is 5.11 Å². The lowest BCUT2D eigenvalue weighted by Gasteiger charge is -2.31. The second-order valence-electron chi connectivity index (χ2n) is 4.49. The van der Waals surface area contributed by atoms with Crippen LogP contribution in [0.5, 0.6) is 0 Å². The van der Waals surface area contributed by atoms with Crippen molar-refractivity contribution in [2.75, 3.05) is 19.3 Å². The van der Waals surface area contributed by atoms with Gasteiger partial charge in [-0.3, -0.25) is 9.59 Å². The standard InChI is InChI=1S/C13H16N2O3S/c1-19-11-10(5-2-6-14-11)12(16)15-7-3-4-9(8-15)13(17)18/h2,5-6,9H,3-4,7-8H2,1H3,(H,17,18)/t9-/m1/s1. The van der Waals surface area contributed by atoms with Crippen LogP contribution in [-0.2, 0) is 4.79 Å². The average molecular weight is 280 g/mol. The van der Waals surface area contributed by atoms with Gasteiger partial charge < -0.3 is 10.0 Å². The van der Waals surface area contributed by atoms with Crippen LogP contribution in [0, 0.1) is 5.92 Å². The molecule has 1 aromatic heterocycles. The number of carbonyl (C=O) groups excluding carboxylic acids is 1. The van der Waals surface area contributed by atoms with Crippen LogP contribution >= 0.6 is 11.8 Å². The van der Waals surface area contributed by atoms with E-state index in [2.05, 4.69) is 4.98 Å². The van der Waals surface area contributed by atoms with Crippen LogP contribution in [0.25, 0.3) is 0 Å². The summed E-state index contributed by atoms with van der Waals surface area (Å²) in [5.41, 5.74) is 0.557. The zero-order valence-electron chi connectivity index (χ0n) is 10.7. The number of carboxylic acid groups (broad SMARTS) is 1. The third kappa shape index (κ3) is 3.07. The molecule has 1 aromatic rings. The summed E-state index contributed by atoms with van der Waals surface area (Å²) in [6, 6.07) is 3.47. The molecule has 1 aliphatic rings. The van der Waals surface area contributed by atoms with E-state index in [0.29, 0.717) is 23.6 Å². The van der Waals surface area contributed by atoms with Gasteiger partial charge in [0, 0.05) is 19.3 Å². The van der Waals surface area contributed by atoms with Crippen LogP contribution in [0.4, 0.5) is 0 Å². The highest BCUT2D eigenvalue weighted by molar-refractivity contribution is 7.98. The van der Waals surface area contributed by atoms with E-state index in [9.17, 15) is 9.59 Å². The Labute approximate surface area is 116 Å². The quantitative estimate of drug-likeness (QED) is 0.854. The van der Waals surface area contributed by atoms with Crippen molar-refractivity contribution >= 4 is 23.6 Å². The Kier molecular flexibility index (Phi) is 4.42. The van der Waals surface area contributed by atoms with Gasteiger partial charge in [0.25, 0.3) is 5.91 Å². The van der Waals surface area contributed by atoms with Gasteiger partial charge in [0.15, 0.2) is 0 Å². The molecule has 2 heterocycles. The Balaban J connectivity index is 2.17. The Morgan fingerprint density at radius 3 is 3.00 bits per heavy atom. The van der Waals surface area contributed by atoms with Crippen LogP contribution in [0.2, 0.25) is 0 Å². The molecule has 5 nitrogen and oxygen atoms in total. The van der Waals surface area contributed by atoms with Gasteiger partial charge >= 0.3 is 5.97 Å². The molecule has 1 atom stereocenters. The van der Waals surface area contributed by atoms with Crippen LogP contribution < -0.4 is 0 Å². The molecule has 1 amide bonds. The van der Waals surface area contributed by atoms with E-state index in [-0.39, 0.29) is 12.5 Å². The van der Waals surface area contributed by atoms with Crippen molar-refractivity contribution in [3.05, 3.63) is 23.9 Å². The number of hydrogen-bond acceptors (Lipinski definition) is 4. The predicted octanol–water partition coefficient (Wildman–Crippen LogP) is 1.74. The number of aliphatic carboxylic acids is 1. The fraction of sp³-hybridized carbons (Fsp3) is 0.462. The number of amides is 1. The van der Waals surface area contributed by atoms with E-state index >= 15 is 0 Å².